The zero-order valence-corrected chi connectivity index (χ0v) is 22.0. The molecule has 1 aliphatic heterocycles. The van der Waals surface area contributed by atoms with Crippen LogP contribution in [0.1, 0.15) is 0 Å². The van der Waals surface area contributed by atoms with E-state index in [0.29, 0.717) is 77.2 Å². The predicted molar refractivity (Wildman–Crippen MR) is 147 cm³/mol. The third-order valence-corrected chi connectivity index (χ3v) is 5.32. The minimum absolute atomic E-state index is 0.0415. The van der Waals surface area contributed by atoms with Crippen molar-refractivity contribution in [2.75, 3.05) is 43.6 Å². The Bertz CT molecular complexity index is 1740. The average molecular weight is 582 g/mol. The van der Waals surface area contributed by atoms with Crippen LogP contribution in [0.2, 0.25) is 0 Å². The van der Waals surface area contributed by atoms with Crippen molar-refractivity contribution in [3.8, 4) is 0 Å². The van der Waals surface area contributed by atoms with Crippen LogP contribution in [0.15, 0.2) is 38.0 Å². The molecule has 220 valence electrons. The number of nitrogen functional groups attached to an aromatic ring is 3. The molecular weight excluding hydrogens is 554 g/mol. The quantitative estimate of drug-likeness (QED) is 0.134. The number of fused-ring (bicyclic) bond motifs is 3. The Morgan fingerprint density at radius 3 is 2.02 bits per heavy atom. The van der Waals surface area contributed by atoms with Crippen molar-refractivity contribution in [3.05, 3.63) is 38.0 Å². The standard InChI is InChI=1S/2C7H9N5O.C5H5N5.C3H4O3/c8-6-5-7(10-3-9-6)11-4-12(5)1-2-13;8-6-5-7(10-3-9-6)12(1-2-13)4-11-5;6-4-3-5(9-1-7-3)10-2-8-4;4-3-5-1-2-6-3/h2*3-4,13H,1-2H2,(H2,8,9,10);1-2H,(H3,6,7,8,9,10);1-2H2. The van der Waals surface area contributed by atoms with Crippen LogP contribution in [0.5, 0.6) is 0 Å². The Hall–Kier alpha value is -5.76. The molecule has 7 rings (SSSR count). The first-order chi connectivity index (χ1) is 20.4. The average Bonchev–Trinajstić information content (AvgIpc) is 3.80. The second-order valence-corrected chi connectivity index (χ2v) is 7.99. The number of carbonyl (C=O) groups excluding carboxylic acids is 1. The molecule has 0 amide bonds. The van der Waals surface area contributed by atoms with Crippen molar-refractivity contribution in [1.82, 2.24) is 59.0 Å². The highest BCUT2D eigenvalue weighted by Crippen LogP contribution is 2.15. The number of aliphatic hydroxyl groups excluding tert-OH is 2. The van der Waals surface area contributed by atoms with Crippen LogP contribution in [-0.4, -0.2) is 102 Å². The maximum absolute atomic E-state index is 9.80. The molecule has 0 aliphatic carbocycles. The van der Waals surface area contributed by atoms with Gasteiger partial charge in [0, 0.05) is 13.1 Å². The molecule has 20 nitrogen and oxygen atoms in total. The van der Waals surface area contributed by atoms with Gasteiger partial charge in [0.25, 0.3) is 0 Å². The van der Waals surface area contributed by atoms with Crippen LogP contribution in [0.25, 0.3) is 33.5 Å². The highest BCUT2D eigenvalue weighted by atomic mass is 16.8. The number of nitrogens with two attached hydrogens (primary N) is 3. The minimum atomic E-state index is -0.546. The molecule has 0 spiro atoms. The van der Waals surface area contributed by atoms with Gasteiger partial charge in [0.05, 0.1) is 32.2 Å². The van der Waals surface area contributed by atoms with Crippen molar-refractivity contribution in [2.24, 2.45) is 0 Å². The van der Waals surface area contributed by atoms with Crippen molar-refractivity contribution in [3.63, 3.8) is 0 Å². The van der Waals surface area contributed by atoms with Gasteiger partial charge in [-0.2, -0.15) is 0 Å². The highest BCUT2D eigenvalue weighted by Gasteiger charge is 2.09. The molecule has 0 saturated carbocycles. The number of imidazole rings is 3. The molecule has 0 atom stereocenters. The molecule has 9 N–H and O–H groups in total. The Morgan fingerprint density at radius 2 is 1.36 bits per heavy atom. The summed E-state index contributed by atoms with van der Waals surface area (Å²) < 4.78 is 12.0. The second-order valence-electron chi connectivity index (χ2n) is 7.99. The summed E-state index contributed by atoms with van der Waals surface area (Å²) in [7, 11) is 0. The number of hydrogen-bond acceptors (Lipinski definition) is 17. The smallest absolute Gasteiger partial charge is 0.431 e. The van der Waals surface area contributed by atoms with Crippen molar-refractivity contribution >= 4 is 57.1 Å². The van der Waals surface area contributed by atoms with Gasteiger partial charge in [-0.25, -0.2) is 49.7 Å². The third kappa shape index (κ3) is 7.05. The summed E-state index contributed by atoms with van der Waals surface area (Å²) in [5.74, 6) is 1.18. The van der Waals surface area contributed by atoms with Crippen LogP contribution in [0, 0.1) is 0 Å². The monoisotopic (exact) mass is 581 g/mol. The first kappa shape index (κ1) is 29.2. The van der Waals surface area contributed by atoms with Crippen molar-refractivity contribution in [1.29, 1.82) is 0 Å². The molecule has 7 heterocycles. The van der Waals surface area contributed by atoms with Gasteiger partial charge in [-0.3, -0.25) is 0 Å². The number of cyclic esters (lactones) is 2. The van der Waals surface area contributed by atoms with Gasteiger partial charge in [0.2, 0.25) is 0 Å². The molecule has 6 aromatic heterocycles. The largest absolute Gasteiger partial charge is 0.508 e. The molecule has 1 saturated heterocycles. The normalized spacial score (nSPS) is 12.0. The van der Waals surface area contributed by atoms with E-state index in [1.807, 2.05) is 0 Å². The fourth-order valence-electron chi connectivity index (χ4n) is 3.46. The summed E-state index contributed by atoms with van der Waals surface area (Å²) in [6.45, 7) is 1.84. The van der Waals surface area contributed by atoms with E-state index >= 15 is 0 Å². The number of aliphatic hydroxyl groups is 2. The van der Waals surface area contributed by atoms with Crippen LogP contribution < -0.4 is 17.2 Å². The molecule has 42 heavy (non-hydrogen) atoms. The zero-order valence-electron chi connectivity index (χ0n) is 22.0. The van der Waals surface area contributed by atoms with Crippen molar-refractivity contribution < 1.29 is 24.5 Å². The molecular formula is C22H27N15O5. The van der Waals surface area contributed by atoms with E-state index in [4.69, 9.17) is 27.4 Å². The SMILES string of the molecule is Nc1ncnc2c1ncn2CCO.Nc1ncnc2nc[nH]c12.Nc1ncnc2ncn(CCO)c12.O=C1OCCO1. The van der Waals surface area contributed by atoms with E-state index in [9.17, 15) is 4.79 Å². The minimum Gasteiger partial charge on any atom is -0.431 e. The Labute approximate surface area is 235 Å². The van der Waals surface area contributed by atoms with Crippen LogP contribution in [-0.2, 0) is 22.6 Å². The van der Waals surface area contributed by atoms with E-state index < -0.39 is 6.16 Å². The number of aromatic nitrogens is 12. The lowest BCUT2D eigenvalue weighted by molar-refractivity contribution is 0.131. The Balaban J connectivity index is 0.000000133. The fourth-order valence-corrected chi connectivity index (χ4v) is 3.46. The van der Waals surface area contributed by atoms with Gasteiger partial charge >= 0.3 is 6.16 Å². The summed E-state index contributed by atoms with van der Waals surface area (Å²) in [6, 6.07) is 0. The second kappa shape index (κ2) is 14.0. The number of ether oxygens (including phenoxy) is 2. The number of carbonyl (C=O) groups is 1. The summed E-state index contributed by atoms with van der Waals surface area (Å²) in [5, 5.41) is 17.5. The van der Waals surface area contributed by atoms with Crippen LogP contribution >= 0.6 is 0 Å². The molecule has 0 unspecified atom stereocenters. The molecule has 6 aromatic rings. The number of hydrogen-bond donors (Lipinski definition) is 6. The number of anilines is 3. The van der Waals surface area contributed by atoms with E-state index in [0.717, 1.165) is 0 Å². The number of aromatic amines is 1. The van der Waals surface area contributed by atoms with Gasteiger partial charge in [-0.15, -0.1) is 0 Å². The zero-order chi connectivity index (χ0) is 29.9. The topological polar surface area (TPSA) is 296 Å². The van der Waals surface area contributed by atoms with E-state index in [1.54, 1.807) is 21.8 Å². The van der Waals surface area contributed by atoms with Crippen LogP contribution in [0.4, 0.5) is 22.2 Å². The Kier molecular flexibility index (Phi) is 9.77. The highest BCUT2D eigenvalue weighted by molar-refractivity contribution is 5.82. The maximum atomic E-state index is 9.80. The molecule has 0 radical (unpaired) electrons. The van der Waals surface area contributed by atoms with Crippen molar-refractivity contribution in [2.45, 2.75) is 13.1 Å². The summed E-state index contributed by atoms with van der Waals surface area (Å²) in [4.78, 5) is 47.8. The van der Waals surface area contributed by atoms with E-state index in [-0.39, 0.29) is 13.2 Å². The molecule has 1 aliphatic rings. The predicted octanol–water partition coefficient (Wildman–Crippen LogP) is -1.11. The van der Waals surface area contributed by atoms with Gasteiger partial charge in [0.15, 0.2) is 34.4 Å². The van der Waals surface area contributed by atoms with E-state index in [1.165, 1.54) is 25.3 Å². The lowest BCUT2D eigenvalue weighted by Gasteiger charge is -2.01. The number of rotatable bonds is 4. The number of nitrogens with one attached hydrogen (secondary N) is 1. The van der Waals surface area contributed by atoms with Gasteiger partial charge in [-0.05, 0) is 0 Å². The van der Waals surface area contributed by atoms with E-state index in [2.05, 4.69) is 59.3 Å². The number of nitrogens with zero attached hydrogens (tertiary/aromatic N) is 11. The van der Waals surface area contributed by atoms with Crippen LogP contribution in [0.3, 0.4) is 0 Å². The lowest BCUT2D eigenvalue weighted by atomic mass is 10.5. The van der Waals surface area contributed by atoms with Gasteiger partial charge < -0.3 is 51.0 Å². The maximum Gasteiger partial charge on any atom is 0.508 e. The number of H-pyrrole nitrogens is 1. The first-order valence-corrected chi connectivity index (χ1v) is 12.2. The summed E-state index contributed by atoms with van der Waals surface area (Å²) in [6.07, 6.45) is 8.31. The first-order valence-electron chi connectivity index (χ1n) is 12.2. The molecule has 1 fully saturated rings. The summed E-state index contributed by atoms with van der Waals surface area (Å²) >= 11 is 0. The lowest BCUT2D eigenvalue weighted by Crippen LogP contribution is -2.03. The van der Waals surface area contributed by atoms with Gasteiger partial charge in [-0.1, -0.05) is 0 Å². The molecule has 0 bridgehead atoms. The fraction of sp³-hybridized carbons (Fsp3) is 0.273. The Morgan fingerprint density at radius 1 is 0.738 bits per heavy atom. The summed E-state index contributed by atoms with van der Waals surface area (Å²) in [5.41, 5.74) is 20.5. The van der Waals surface area contributed by atoms with Gasteiger partial charge in [0.1, 0.15) is 48.7 Å². The third-order valence-electron chi connectivity index (χ3n) is 5.32. The molecule has 20 heteroatoms. The molecule has 0 aromatic carbocycles.